The van der Waals surface area contributed by atoms with E-state index >= 15 is 0 Å². The minimum atomic E-state index is -0.706. The van der Waals surface area contributed by atoms with Crippen LogP contribution >= 0.6 is 0 Å². The van der Waals surface area contributed by atoms with Gasteiger partial charge in [0.2, 0.25) is 0 Å². The lowest BCUT2D eigenvalue weighted by atomic mass is 9.97. The van der Waals surface area contributed by atoms with Crippen LogP contribution in [0.25, 0.3) is 0 Å². The van der Waals surface area contributed by atoms with Crippen molar-refractivity contribution in [3.63, 3.8) is 0 Å². The van der Waals surface area contributed by atoms with E-state index in [1.807, 2.05) is 0 Å². The van der Waals surface area contributed by atoms with Gasteiger partial charge in [-0.15, -0.1) is 0 Å². The Morgan fingerprint density at radius 3 is 3.00 bits per heavy atom. The van der Waals surface area contributed by atoms with Gasteiger partial charge in [-0.3, -0.25) is 4.79 Å². The fraction of sp³-hybridized carbons (Fsp3) is 0.533. The van der Waals surface area contributed by atoms with E-state index in [9.17, 15) is 4.79 Å². The van der Waals surface area contributed by atoms with Crippen LogP contribution in [0.2, 0.25) is 0 Å². The van der Waals surface area contributed by atoms with E-state index < -0.39 is 5.97 Å². The van der Waals surface area contributed by atoms with Crippen molar-refractivity contribution in [2.24, 2.45) is 0 Å². The van der Waals surface area contributed by atoms with Gasteiger partial charge in [-0.1, -0.05) is 17.7 Å². The molecule has 1 aliphatic rings. The third-order valence-corrected chi connectivity index (χ3v) is 3.70. The van der Waals surface area contributed by atoms with E-state index in [4.69, 9.17) is 5.11 Å². The van der Waals surface area contributed by atoms with Gasteiger partial charge in [0.25, 0.3) is 0 Å². The van der Waals surface area contributed by atoms with Crippen molar-refractivity contribution < 1.29 is 9.90 Å². The zero-order chi connectivity index (χ0) is 13.1. The summed E-state index contributed by atoms with van der Waals surface area (Å²) in [6.45, 7) is 5.28. The van der Waals surface area contributed by atoms with Crippen LogP contribution in [0.3, 0.4) is 0 Å². The van der Waals surface area contributed by atoms with Gasteiger partial charge >= 0.3 is 5.97 Å². The third-order valence-electron chi connectivity index (χ3n) is 3.70. The molecular weight excluding hydrogens is 226 g/mol. The lowest BCUT2D eigenvalue weighted by molar-refractivity contribution is -0.137. The number of aliphatic carboxylic acids is 1. The van der Waals surface area contributed by atoms with Crippen molar-refractivity contribution in [2.45, 2.75) is 45.6 Å². The lowest BCUT2D eigenvalue weighted by Gasteiger charge is -2.36. The van der Waals surface area contributed by atoms with Gasteiger partial charge < -0.3 is 10.0 Å². The van der Waals surface area contributed by atoms with Crippen molar-refractivity contribution in [1.29, 1.82) is 0 Å². The van der Waals surface area contributed by atoms with E-state index in [-0.39, 0.29) is 6.42 Å². The monoisotopic (exact) mass is 247 g/mol. The van der Waals surface area contributed by atoms with E-state index in [0.29, 0.717) is 12.5 Å². The Morgan fingerprint density at radius 1 is 1.50 bits per heavy atom. The highest BCUT2D eigenvalue weighted by Gasteiger charge is 2.21. The van der Waals surface area contributed by atoms with Crippen LogP contribution in [0.1, 0.15) is 37.3 Å². The summed E-state index contributed by atoms with van der Waals surface area (Å²) < 4.78 is 0. The summed E-state index contributed by atoms with van der Waals surface area (Å²) >= 11 is 0. The molecule has 1 N–H and O–H groups in total. The van der Waals surface area contributed by atoms with Crippen LogP contribution in [0.15, 0.2) is 18.2 Å². The van der Waals surface area contributed by atoms with Crippen LogP contribution in [0.5, 0.6) is 0 Å². The van der Waals surface area contributed by atoms with Gasteiger partial charge in [-0.05, 0) is 44.7 Å². The summed E-state index contributed by atoms with van der Waals surface area (Å²) in [4.78, 5) is 13.0. The molecule has 0 bridgehead atoms. The highest BCUT2D eigenvalue weighted by Crippen LogP contribution is 2.30. The van der Waals surface area contributed by atoms with Crippen molar-refractivity contribution >= 4 is 11.7 Å². The molecule has 1 aliphatic heterocycles. The molecule has 0 aromatic heterocycles. The first-order chi connectivity index (χ1) is 8.58. The van der Waals surface area contributed by atoms with Gasteiger partial charge in [0.15, 0.2) is 0 Å². The second kappa shape index (κ2) is 5.42. The van der Waals surface area contributed by atoms with Crippen molar-refractivity contribution in [3.8, 4) is 0 Å². The molecule has 0 radical (unpaired) electrons. The molecule has 0 saturated carbocycles. The number of rotatable bonds is 4. The quantitative estimate of drug-likeness (QED) is 0.889. The Bertz CT molecular complexity index is 442. The molecule has 0 spiro atoms. The van der Waals surface area contributed by atoms with Crippen molar-refractivity contribution in [1.82, 2.24) is 0 Å². The predicted octanol–water partition coefficient (Wildman–Crippen LogP) is 3.00. The number of benzene rings is 1. The van der Waals surface area contributed by atoms with E-state index in [2.05, 4.69) is 36.9 Å². The molecule has 2 rings (SSSR count). The molecule has 0 aliphatic carbocycles. The maximum absolute atomic E-state index is 10.7. The summed E-state index contributed by atoms with van der Waals surface area (Å²) in [5, 5.41) is 8.77. The maximum Gasteiger partial charge on any atom is 0.303 e. The molecule has 0 saturated heterocycles. The molecule has 3 heteroatoms. The van der Waals surface area contributed by atoms with E-state index in [1.165, 1.54) is 16.8 Å². The topological polar surface area (TPSA) is 40.5 Å². The Morgan fingerprint density at radius 2 is 2.28 bits per heavy atom. The maximum atomic E-state index is 10.7. The fourth-order valence-corrected chi connectivity index (χ4v) is 2.70. The number of aryl methyl sites for hydroxylation is 2. The number of carboxylic acid groups (broad SMARTS) is 1. The molecule has 1 atom stereocenters. The molecule has 3 nitrogen and oxygen atoms in total. The number of hydrogen-bond acceptors (Lipinski definition) is 2. The number of carbonyl (C=O) groups is 1. The normalized spacial score (nSPS) is 16.2. The molecule has 0 fully saturated rings. The molecule has 1 aromatic rings. The molecular formula is C15H21NO2. The smallest absolute Gasteiger partial charge is 0.303 e. The standard InChI is InChI=1S/C15H21NO2/c1-11-5-7-14-13(10-11)4-3-9-16(14)12(2)6-8-15(17)18/h5,7,10,12H,3-4,6,8-9H2,1-2H3,(H,17,18). The number of nitrogens with zero attached hydrogens (tertiary/aromatic N) is 1. The minimum absolute atomic E-state index is 0.249. The van der Waals surface area contributed by atoms with Gasteiger partial charge in [0.05, 0.1) is 0 Å². The van der Waals surface area contributed by atoms with Crippen molar-refractivity contribution in [2.75, 3.05) is 11.4 Å². The molecule has 98 valence electrons. The first-order valence-electron chi connectivity index (χ1n) is 6.66. The zero-order valence-corrected chi connectivity index (χ0v) is 11.1. The minimum Gasteiger partial charge on any atom is -0.481 e. The molecule has 0 amide bonds. The molecule has 1 aromatic carbocycles. The van der Waals surface area contributed by atoms with E-state index in [1.54, 1.807) is 0 Å². The SMILES string of the molecule is Cc1ccc2c(c1)CCCN2C(C)CCC(=O)O. The van der Waals surface area contributed by atoms with Crippen LogP contribution in [-0.2, 0) is 11.2 Å². The predicted molar refractivity (Wildman–Crippen MR) is 73.2 cm³/mol. The molecule has 1 heterocycles. The number of carboxylic acids is 1. The first kappa shape index (κ1) is 12.9. The average Bonchev–Trinajstić information content (AvgIpc) is 2.34. The summed E-state index contributed by atoms with van der Waals surface area (Å²) in [7, 11) is 0. The number of hydrogen-bond donors (Lipinski definition) is 1. The second-order valence-corrected chi connectivity index (χ2v) is 5.21. The van der Waals surface area contributed by atoms with Gasteiger partial charge in [-0.25, -0.2) is 0 Å². The number of fused-ring (bicyclic) bond motifs is 1. The first-order valence-corrected chi connectivity index (χ1v) is 6.66. The Hall–Kier alpha value is -1.51. The van der Waals surface area contributed by atoms with Crippen LogP contribution in [0.4, 0.5) is 5.69 Å². The fourth-order valence-electron chi connectivity index (χ4n) is 2.70. The molecule has 18 heavy (non-hydrogen) atoms. The van der Waals surface area contributed by atoms with Crippen LogP contribution in [0, 0.1) is 6.92 Å². The Labute approximate surface area is 108 Å². The largest absolute Gasteiger partial charge is 0.481 e. The summed E-state index contributed by atoms with van der Waals surface area (Å²) in [6, 6.07) is 6.87. The highest BCUT2D eigenvalue weighted by atomic mass is 16.4. The second-order valence-electron chi connectivity index (χ2n) is 5.21. The lowest BCUT2D eigenvalue weighted by Crippen LogP contribution is -2.37. The average molecular weight is 247 g/mol. The third kappa shape index (κ3) is 2.84. The highest BCUT2D eigenvalue weighted by molar-refractivity contribution is 5.67. The Balaban J connectivity index is 2.14. The summed E-state index contributed by atoms with van der Waals surface area (Å²) in [5.74, 6) is -0.706. The summed E-state index contributed by atoms with van der Waals surface area (Å²) in [6.07, 6.45) is 3.26. The summed E-state index contributed by atoms with van der Waals surface area (Å²) in [5.41, 5.74) is 4.00. The van der Waals surface area contributed by atoms with Crippen molar-refractivity contribution in [3.05, 3.63) is 29.3 Å². The van der Waals surface area contributed by atoms with Crippen LogP contribution < -0.4 is 4.90 Å². The molecule has 1 unspecified atom stereocenters. The zero-order valence-electron chi connectivity index (χ0n) is 11.1. The number of anilines is 1. The van der Waals surface area contributed by atoms with E-state index in [0.717, 1.165) is 19.4 Å². The van der Waals surface area contributed by atoms with Crippen LogP contribution in [-0.4, -0.2) is 23.7 Å². The van der Waals surface area contributed by atoms with Gasteiger partial charge in [0, 0.05) is 24.7 Å². The Kier molecular flexibility index (Phi) is 3.90. The van der Waals surface area contributed by atoms with Gasteiger partial charge in [0.1, 0.15) is 0 Å². The van der Waals surface area contributed by atoms with Gasteiger partial charge in [-0.2, -0.15) is 0 Å².